The van der Waals surface area contributed by atoms with Gasteiger partial charge in [0.25, 0.3) is 0 Å². The summed E-state index contributed by atoms with van der Waals surface area (Å²) in [4.78, 5) is 200. The summed E-state index contributed by atoms with van der Waals surface area (Å²) in [7, 11) is 0. The second kappa shape index (κ2) is 39.2. The number of benzene rings is 1. The number of aromatic hydroxyl groups is 1. The minimum Gasteiger partial charge on any atom is -0.508 e. The number of hydrogen-bond acceptors (Lipinski definition) is 20. The SMILES string of the molecule is CC[C@H](C)[C@H](NC(=O)[C@H](CC(=O)O)NC(=O)[C@H](CCC(N)=O)NC(=O)[C@H](CO)NC(=O)[C@H](C)NC(=O)[C@@H](N)CCCN=C(N)N)C(=O)N[C@@H](CO)C(=O)N[C@@H](CC(N)=O)C(=O)N[C@@H](Cc1ccc(O)cc1)C(=O)N[C@@H](CC(C)C)C(=O)N[C@@H](CC(N)=O)C(=O)O. The first-order valence-electron chi connectivity index (χ1n) is 28.2. The van der Waals surface area contributed by atoms with Crippen molar-refractivity contribution < 1.29 is 97.5 Å². The van der Waals surface area contributed by atoms with E-state index in [1.807, 2.05) is 0 Å². The molecule has 1 aromatic rings. The Hall–Kier alpha value is -9.78. The molecule has 0 bridgehead atoms. The second-order valence-corrected chi connectivity index (χ2v) is 21.3. The molecule has 0 heterocycles. The van der Waals surface area contributed by atoms with Crippen LogP contribution in [-0.2, 0) is 78.3 Å². The van der Waals surface area contributed by atoms with Gasteiger partial charge in [-0.1, -0.05) is 46.2 Å². The quantitative estimate of drug-likeness (QED) is 0.0164. The number of aliphatic imine (C=N–C) groups is 1. The number of carbonyl (C=O) groups is 15. The van der Waals surface area contributed by atoms with Crippen LogP contribution in [0.25, 0.3) is 0 Å². The normalized spacial score (nSPS) is 14.9. The maximum absolute atomic E-state index is 14.1. The third kappa shape index (κ3) is 29.3. The van der Waals surface area contributed by atoms with E-state index in [1.54, 1.807) is 20.8 Å². The van der Waals surface area contributed by atoms with Crippen molar-refractivity contribution in [2.45, 2.75) is 165 Å². The molecule has 1 aromatic carbocycles. The van der Waals surface area contributed by atoms with Gasteiger partial charge in [0.2, 0.25) is 76.8 Å². The van der Waals surface area contributed by atoms with Crippen LogP contribution < -0.4 is 87.6 Å². The van der Waals surface area contributed by atoms with Gasteiger partial charge in [0.1, 0.15) is 66.2 Å². The summed E-state index contributed by atoms with van der Waals surface area (Å²) in [6.07, 6.45) is -4.23. The third-order valence-corrected chi connectivity index (χ3v) is 13.2. The maximum Gasteiger partial charge on any atom is 0.326 e. The molecule has 13 amide bonds. The van der Waals surface area contributed by atoms with Crippen molar-refractivity contribution in [1.82, 2.24) is 53.2 Å². The Kier molecular flexibility index (Phi) is 34.1. The summed E-state index contributed by atoms with van der Waals surface area (Å²) in [6, 6.07) is -13.7. The van der Waals surface area contributed by atoms with Gasteiger partial charge in [0.05, 0.1) is 38.5 Å². The van der Waals surface area contributed by atoms with Crippen molar-refractivity contribution >= 4 is 94.7 Å². The summed E-state index contributed by atoms with van der Waals surface area (Å²) in [5.74, 6) is -19.9. The molecule has 0 unspecified atom stereocenters. The molecule has 0 aliphatic carbocycles. The molecule has 90 heavy (non-hydrogen) atoms. The average molecular weight is 1280 g/mol. The largest absolute Gasteiger partial charge is 0.508 e. The van der Waals surface area contributed by atoms with Crippen molar-refractivity contribution in [2.75, 3.05) is 19.8 Å². The van der Waals surface area contributed by atoms with Crippen LogP contribution in [0, 0.1) is 11.8 Å². The monoisotopic (exact) mass is 1280 g/mol. The number of aliphatic hydroxyl groups excluding tert-OH is 2. The van der Waals surface area contributed by atoms with Crippen molar-refractivity contribution in [2.24, 2.45) is 51.2 Å². The van der Waals surface area contributed by atoms with Gasteiger partial charge in [-0.2, -0.15) is 0 Å². The van der Waals surface area contributed by atoms with Gasteiger partial charge in [-0.15, -0.1) is 0 Å². The lowest BCUT2D eigenvalue weighted by Gasteiger charge is -2.29. The van der Waals surface area contributed by atoms with Gasteiger partial charge in [0, 0.05) is 19.4 Å². The first-order chi connectivity index (χ1) is 42.0. The summed E-state index contributed by atoms with van der Waals surface area (Å²) in [5.41, 5.74) is 32.6. The molecule has 37 heteroatoms. The van der Waals surface area contributed by atoms with E-state index in [1.165, 1.54) is 38.1 Å². The van der Waals surface area contributed by atoms with E-state index in [-0.39, 0.29) is 43.4 Å². The van der Waals surface area contributed by atoms with Gasteiger partial charge >= 0.3 is 11.9 Å². The van der Waals surface area contributed by atoms with Gasteiger partial charge in [-0.25, -0.2) is 4.79 Å². The lowest BCUT2D eigenvalue weighted by molar-refractivity contribution is -0.144. The number of primary amides is 3. The maximum atomic E-state index is 14.1. The van der Waals surface area contributed by atoms with Gasteiger partial charge in [-0.3, -0.25) is 72.1 Å². The highest BCUT2D eigenvalue weighted by Crippen LogP contribution is 2.15. The molecule has 0 aliphatic heterocycles. The van der Waals surface area contributed by atoms with Crippen LogP contribution >= 0.6 is 0 Å². The molecule has 502 valence electrons. The van der Waals surface area contributed by atoms with Crippen molar-refractivity contribution in [1.29, 1.82) is 0 Å². The van der Waals surface area contributed by atoms with Crippen LogP contribution in [0.2, 0.25) is 0 Å². The number of phenols is 1. The van der Waals surface area contributed by atoms with E-state index in [2.05, 4.69) is 58.2 Å². The molecule has 0 aliphatic rings. The number of amides is 13. The van der Waals surface area contributed by atoms with Crippen molar-refractivity contribution in [3.8, 4) is 5.75 Å². The lowest BCUT2D eigenvalue weighted by Crippen LogP contribution is -2.62. The number of guanidine groups is 1. The molecule has 0 saturated heterocycles. The standard InChI is InChI=1S/C53H85N17O20/c1-6-24(4)41(70-48(85)33(20-40(77)78)66-44(81)29(13-14-37(55)74)62-49(86)35(21-71)68-42(79)25(5)61-43(80)28(54)8-7-15-60-53(58)59)51(88)69-36(22-72)50(87)65-32(18-38(56)75)47(84)64-31(17-26-9-11-27(73)12-10-26)46(83)63-30(16-23(2)3)45(82)67-34(52(89)90)19-39(57)76/h9-12,23-25,28-36,41,71-73H,6-8,13-22,54H2,1-5H3,(H2,55,74)(H2,56,75)(H2,57,76)(H,61,80)(H,62,86)(H,63,83)(H,64,84)(H,65,87)(H,66,81)(H,67,82)(H,68,79)(H,69,88)(H,70,85)(H,77,78)(H,89,90)(H4,58,59,60)/t24-,25-,28-,29-,30-,31-,32-,33-,34-,35-,36-,41-/m0/s1. The summed E-state index contributed by atoms with van der Waals surface area (Å²) in [6.45, 7) is 5.32. The van der Waals surface area contributed by atoms with Gasteiger partial charge in [0.15, 0.2) is 5.96 Å². The molecular formula is C53H85N17O20. The number of rotatable bonds is 42. The molecule has 12 atom stereocenters. The Morgan fingerprint density at radius 3 is 1.41 bits per heavy atom. The minimum absolute atomic E-state index is 0.0787. The van der Waals surface area contributed by atoms with Crippen LogP contribution in [-0.4, -0.2) is 206 Å². The average Bonchev–Trinajstić information content (AvgIpc) is 1.65. The first-order valence-corrected chi connectivity index (χ1v) is 28.2. The Labute approximate surface area is 515 Å². The number of hydrogen-bond donors (Lipinski definition) is 21. The number of nitrogens with zero attached hydrogens (tertiary/aromatic N) is 1. The number of aliphatic hydroxyl groups is 2. The lowest BCUT2D eigenvalue weighted by atomic mass is 9.97. The summed E-state index contributed by atoms with van der Waals surface area (Å²) >= 11 is 0. The summed E-state index contributed by atoms with van der Waals surface area (Å²) in [5, 5.41) is 72.1. The van der Waals surface area contributed by atoms with Gasteiger partial charge in [-0.05, 0) is 62.1 Å². The van der Waals surface area contributed by atoms with E-state index < -0.39 is 213 Å². The number of carboxylic acids is 2. The zero-order valence-electron chi connectivity index (χ0n) is 50.3. The highest BCUT2D eigenvalue weighted by molar-refractivity contribution is 6.00. The highest BCUT2D eigenvalue weighted by atomic mass is 16.4. The van der Waals surface area contributed by atoms with Gasteiger partial charge < -0.3 is 113 Å². The molecule has 0 spiro atoms. The van der Waals surface area contributed by atoms with Crippen LogP contribution in [0.3, 0.4) is 0 Å². The van der Waals surface area contributed by atoms with Crippen molar-refractivity contribution in [3.05, 3.63) is 29.8 Å². The molecule has 1 rings (SSSR count). The van der Waals surface area contributed by atoms with E-state index in [4.69, 9.17) is 34.4 Å². The fraction of sp³-hybridized carbons (Fsp3) is 0.585. The predicted molar refractivity (Wildman–Crippen MR) is 314 cm³/mol. The van der Waals surface area contributed by atoms with E-state index in [0.717, 1.165) is 0 Å². The fourth-order valence-electron chi connectivity index (χ4n) is 8.10. The predicted octanol–water partition coefficient (Wildman–Crippen LogP) is -9.16. The van der Waals surface area contributed by atoms with Crippen LogP contribution in [0.1, 0.15) is 98.0 Å². The molecule has 0 aromatic heterocycles. The molecule has 0 fully saturated rings. The highest BCUT2D eigenvalue weighted by Gasteiger charge is 2.38. The zero-order valence-corrected chi connectivity index (χ0v) is 50.3. The Balaban J connectivity index is 3.48. The number of carbonyl (C=O) groups excluding carboxylic acids is 13. The number of nitrogens with one attached hydrogen (secondary N) is 10. The van der Waals surface area contributed by atoms with E-state index >= 15 is 0 Å². The zero-order chi connectivity index (χ0) is 68.7. The van der Waals surface area contributed by atoms with Crippen LogP contribution in [0.15, 0.2) is 29.3 Å². The molecule has 0 saturated carbocycles. The Bertz CT molecular complexity index is 2750. The molecule has 27 N–H and O–H groups in total. The molecule has 37 nitrogen and oxygen atoms in total. The first kappa shape index (κ1) is 78.2. The molecular weight excluding hydrogens is 1190 g/mol. The number of carboxylic acid groups (broad SMARTS) is 2. The topological polar surface area (TPSA) is 646 Å². The number of aliphatic carboxylic acids is 2. The second-order valence-electron chi connectivity index (χ2n) is 21.3. The number of nitrogens with two attached hydrogens (primary N) is 6. The smallest absolute Gasteiger partial charge is 0.326 e. The van der Waals surface area contributed by atoms with E-state index in [9.17, 15) is 97.5 Å². The van der Waals surface area contributed by atoms with E-state index in [0.29, 0.717) is 12.0 Å². The number of phenolic OH excluding ortho intramolecular Hbond substituents is 1. The summed E-state index contributed by atoms with van der Waals surface area (Å²) < 4.78 is 0. The van der Waals surface area contributed by atoms with Crippen molar-refractivity contribution in [3.63, 3.8) is 0 Å². The Morgan fingerprint density at radius 1 is 0.489 bits per heavy atom. The molecule has 0 radical (unpaired) electrons. The fourth-order valence-corrected chi connectivity index (χ4v) is 8.10. The van der Waals surface area contributed by atoms with Crippen LogP contribution in [0.5, 0.6) is 5.75 Å². The Morgan fingerprint density at radius 2 is 0.922 bits per heavy atom. The van der Waals surface area contributed by atoms with Crippen LogP contribution in [0.4, 0.5) is 0 Å². The minimum atomic E-state index is -2.08. The third-order valence-electron chi connectivity index (χ3n) is 13.2.